The summed E-state index contributed by atoms with van der Waals surface area (Å²) in [6, 6.07) is 1.80. The number of rotatable bonds is 5. The predicted molar refractivity (Wildman–Crippen MR) is 94.6 cm³/mol. The summed E-state index contributed by atoms with van der Waals surface area (Å²) in [5, 5.41) is 2.96. The third-order valence-electron chi connectivity index (χ3n) is 3.93. The molecule has 2 rings (SSSR count). The van der Waals surface area contributed by atoms with Crippen molar-refractivity contribution in [3.63, 3.8) is 0 Å². The van der Waals surface area contributed by atoms with E-state index in [1.807, 2.05) is 13.8 Å². The number of thiophene rings is 1. The van der Waals surface area contributed by atoms with Gasteiger partial charge in [0.05, 0.1) is 16.4 Å². The molecule has 1 aliphatic rings. The highest BCUT2D eigenvalue weighted by Gasteiger charge is 2.25. The molecule has 0 bridgehead atoms. The zero-order chi connectivity index (χ0) is 17.0. The molecule has 5 nitrogen and oxygen atoms in total. The van der Waals surface area contributed by atoms with E-state index < -0.39 is 0 Å². The van der Waals surface area contributed by atoms with Crippen LogP contribution in [-0.4, -0.2) is 60.4 Å². The Balaban J connectivity index is 1.83. The first-order chi connectivity index (χ1) is 10.9. The summed E-state index contributed by atoms with van der Waals surface area (Å²) < 4.78 is 0.939. The summed E-state index contributed by atoms with van der Waals surface area (Å²) in [7, 11) is 0. The maximum Gasteiger partial charge on any atom is 0.256 e. The first-order valence-electron chi connectivity index (χ1n) is 7.66. The first-order valence-corrected chi connectivity index (χ1v) is 9.23. The number of halogens is 2. The summed E-state index contributed by atoms with van der Waals surface area (Å²) >= 11 is 13.1. The maximum absolute atomic E-state index is 12.4. The SMILES string of the molecule is CCC(C)NC(=O)CN1CCN(C(=O)c2cc(Cl)sc2Cl)CC1. The number of carbonyl (C=O) groups is 2. The van der Waals surface area contributed by atoms with E-state index >= 15 is 0 Å². The van der Waals surface area contributed by atoms with E-state index in [0.29, 0.717) is 47.0 Å². The third kappa shape index (κ3) is 5.08. The Labute approximate surface area is 150 Å². The van der Waals surface area contributed by atoms with Gasteiger partial charge in [0.15, 0.2) is 0 Å². The average molecular weight is 378 g/mol. The molecule has 1 aliphatic heterocycles. The molecule has 1 aromatic heterocycles. The summed E-state index contributed by atoms with van der Waals surface area (Å²) in [5.41, 5.74) is 0.463. The minimum atomic E-state index is -0.0955. The van der Waals surface area contributed by atoms with E-state index in [1.165, 1.54) is 11.3 Å². The van der Waals surface area contributed by atoms with Crippen molar-refractivity contribution in [1.82, 2.24) is 15.1 Å². The average Bonchev–Trinajstić information content (AvgIpc) is 2.85. The van der Waals surface area contributed by atoms with Crippen LogP contribution in [-0.2, 0) is 4.79 Å². The predicted octanol–water partition coefficient (Wildman–Crippen LogP) is 2.73. The smallest absolute Gasteiger partial charge is 0.256 e. The van der Waals surface area contributed by atoms with Crippen molar-refractivity contribution >= 4 is 46.4 Å². The highest BCUT2D eigenvalue weighted by atomic mass is 35.5. The van der Waals surface area contributed by atoms with E-state index in [0.717, 1.165) is 6.42 Å². The lowest BCUT2D eigenvalue weighted by Gasteiger charge is -2.34. The molecule has 1 fully saturated rings. The van der Waals surface area contributed by atoms with Crippen LogP contribution in [0, 0.1) is 0 Å². The monoisotopic (exact) mass is 377 g/mol. The molecule has 1 N–H and O–H groups in total. The van der Waals surface area contributed by atoms with E-state index in [-0.39, 0.29) is 17.9 Å². The van der Waals surface area contributed by atoms with Crippen LogP contribution < -0.4 is 5.32 Å². The van der Waals surface area contributed by atoms with E-state index in [9.17, 15) is 9.59 Å². The lowest BCUT2D eigenvalue weighted by Crippen LogP contribution is -2.51. The molecule has 2 heterocycles. The van der Waals surface area contributed by atoms with Gasteiger partial charge in [-0.15, -0.1) is 11.3 Å². The van der Waals surface area contributed by atoms with Crippen molar-refractivity contribution in [2.45, 2.75) is 26.3 Å². The second kappa shape index (κ2) is 8.33. The van der Waals surface area contributed by atoms with Crippen LogP contribution in [0.15, 0.2) is 6.07 Å². The fraction of sp³-hybridized carbons (Fsp3) is 0.600. The number of nitrogens with zero attached hydrogens (tertiary/aromatic N) is 2. The van der Waals surface area contributed by atoms with Crippen molar-refractivity contribution in [3.05, 3.63) is 20.3 Å². The van der Waals surface area contributed by atoms with Crippen molar-refractivity contribution < 1.29 is 9.59 Å². The van der Waals surface area contributed by atoms with E-state index in [4.69, 9.17) is 23.2 Å². The first kappa shape index (κ1) is 18.5. The highest BCUT2D eigenvalue weighted by molar-refractivity contribution is 7.20. The molecule has 128 valence electrons. The second-order valence-corrected chi connectivity index (χ2v) is 7.97. The van der Waals surface area contributed by atoms with Gasteiger partial charge in [-0.2, -0.15) is 0 Å². The number of carbonyl (C=O) groups excluding carboxylic acids is 2. The van der Waals surface area contributed by atoms with Gasteiger partial charge >= 0.3 is 0 Å². The van der Waals surface area contributed by atoms with E-state index in [2.05, 4.69) is 10.2 Å². The normalized spacial score (nSPS) is 17.1. The Bertz CT molecular complexity index is 571. The van der Waals surface area contributed by atoms with Gasteiger partial charge in [-0.1, -0.05) is 30.1 Å². The molecule has 1 saturated heterocycles. The van der Waals surface area contributed by atoms with Crippen molar-refractivity contribution in [2.75, 3.05) is 32.7 Å². The lowest BCUT2D eigenvalue weighted by atomic mass is 10.2. The molecule has 0 aromatic carbocycles. The summed E-state index contributed by atoms with van der Waals surface area (Å²) in [6.07, 6.45) is 0.915. The molecule has 23 heavy (non-hydrogen) atoms. The molecule has 1 aromatic rings. The third-order valence-corrected chi connectivity index (χ3v) is 5.42. The van der Waals surface area contributed by atoms with Gasteiger partial charge in [0.1, 0.15) is 4.34 Å². The Kier molecular flexibility index (Phi) is 6.71. The Morgan fingerprint density at radius 2 is 1.96 bits per heavy atom. The Hall–Kier alpha value is -0.820. The van der Waals surface area contributed by atoms with Gasteiger partial charge in [-0.25, -0.2) is 0 Å². The number of hydrogen-bond donors (Lipinski definition) is 1. The van der Waals surface area contributed by atoms with Crippen LogP contribution in [0.3, 0.4) is 0 Å². The standard InChI is InChI=1S/C15H21Cl2N3O2S/c1-3-10(2)18-13(21)9-19-4-6-20(7-5-19)15(22)11-8-12(16)23-14(11)17/h8,10H,3-7,9H2,1-2H3,(H,18,21). The number of hydrogen-bond acceptors (Lipinski definition) is 4. The van der Waals surface area contributed by atoms with Crippen LogP contribution in [0.25, 0.3) is 0 Å². The Morgan fingerprint density at radius 3 is 2.48 bits per heavy atom. The van der Waals surface area contributed by atoms with Crippen molar-refractivity contribution in [2.24, 2.45) is 0 Å². The summed E-state index contributed by atoms with van der Waals surface area (Å²) in [5.74, 6) is -0.0614. The number of nitrogens with one attached hydrogen (secondary N) is 1. The summed E-state index contributed by atoms with van der Waals surface area (Å²) in [4.78, 5) is 28.2. The maximum atomic E-state index is 12.4. The largest absolute Gasteiger partial charge is 0.353 e. The van der Waals surface area contributed by atoms with Crippen molar-refractivity contribution in [1.29, 1.82) is 0 Å². The molecule has 1 atom stereocenters. The highest BCUT2D eigenvalue weighted by Crippen LogP contribution is 2.32. The van der Waals surface area contributed by atoms with Gasteiger partial charge in [-0.05, 0) is 19.4 Å². The molecule has 0 spiro atoms. The van der Waals surface area contributed by atoms with Gasteiger partial charge in [0.2, 0.25) is 5.91 Å². The second-order valence-electron chi connectivity index (χ2n) is 5.68. The molecule has 0 radical (unpaired) electrons. The van der Waals surface area contributed by atoms with Crippen LogP contribution in [0.5, 0.6) is 0 Å². The van der Waals surface area contributed by atoms with Crippen LogP contribution >= 0.6 is 34.5 Å². The molecule has 1 unspecified atom stereocenters. The molecular weight excluding hydrogens is 357 g/mol. The zero-order valence-electron chi connectivity index (χ0n) is 13.3. The lowest BCUT2D eigenvalue weighted by molar-refractivity contribution is -0.123. The Morgan fingerprint density at radius 1 is 1.30 bits per heavy atom. The molecule has 2 amide bonds. The van der Waals surface area contributed by atoms with E-state index in [1.54, 1.807) is 11.0 Å². The van der Waals surface area contributed by atoms with Crippen LogP contribution in [0.2, 0.25) is 8.67 Å². The fourth-order valence-corrected chi connectivity index (χ4v) is 3.84. The quantitative estimate of drug-likeness (QED) is 0.857. The van der Waals surface area contributed by atoms with Gasteiger partial charge in [0, 0.05) is 32.2 Å². The zero-order valence-corrected chi connectivity index (χ0v) is 15.6. The number of piperazine rings is 1. The van der Waals surface area contributed by atoms with Gasteiger partial charge < -0.3 is 10.2 Å². The molecule has 0 saturated carbocycles. The van der Waals surface area contributed by atoms with Gasteiger partial charge in [-0.3, -0.25) is 14.5 Å². The van der Waals surface area contributed by atoms with Gasteiger partial charge in [0.25, 0.3) is 5.91 Å². The number of amides is 2. The van der Waals surface area contributed by atoms with Crippen LogP contribution in [0.4, 0.5) is 0 Å². The van der Waals surface area contributed by atoms with Crippen molar-refractivity contribution in [3.8, 4) is 0 Å². The summed E-state index contributed by atoms with van der Waals surface area (Å²) in [6.45, 7) is 6.92. The molecular formula is C15H21Cl2N3O2S. The minimum Gasteiger partial charge on any atom is -0.353 e. The minimum absolute atomic E-state index is 0.0341. The van der Waals surface area contributed by atoms with Crippen LogP contribution in [0.1, 0.15) is 30.6 Å². The fourth-order valence-electron chi connectivity index (χ4n) is 2.39. The topological polar surface area (TPSA) is 52.7 Å². The molecule has 8 heteroatoms. The molecule has 0 aliphatic carbocycles.